The standard InChI is InChI=1S/C18H23N5O4S/c1-20-9-13-16(24)23(11-22(13)10-20)12-4-6-21(7-5-12)17(25)15(19-18(26)27)14-3-2-8-28-14/h2-3,8-9,12,15,19H,4-7,10-11H2,1H3,(H,26,27). The minimum absolute atomic E-state index is 0.0538. The second kappa shape index (κ2) is 7.34. The molecule has 28 heavy (non-hydrogen) atoms. The van der Waals surface area contributed by atoms with Gasteiger partial charge in [-0.1, -0.05) is 6.07 Å². The van der Waals surface area contributed by atoms with Gasteiger partial charge in [-0.05, 0) is 24.3 Å². The minimum atomic E-state index is -1.22. The Bertz CT molecular complexity index is 803. The van der Waals surface area contributed by atoms with Crippen molar-refractivity contribution in [3.63, 3.8) is 0 Å². The molecule has 0 saturated carbocycles. The largest absolute Gasteiger partial charge is 0.465 e. The van der Waals surface area contributed by atoms with Crippen molar-refractivity contribution in [3.8, 4) is 0 Å². The molecule has 0 aliphatic carbocycles. The highest BCUT2D eigenvalue weighted by Gasteiger charge is 2.41. The zero-order chi connectivity index (χ0) is 19.8. The van der Waals surface area contributed by atoms with Crippen LogP contribution in [0.1, 0.15) is 23.8 Å². The predicted octanol–water partition coefficient (Wildman–Crippen LogP) is 0.894. The zero-order valence-electron chi connectivity index (χ0n) is 15.6. The van der Waals surface area contributed by atoms with Gasteiger partial charge in [-0.25, -0.2) is 4.79 Å². The summed E-state index contributed by atoms with van der Waals surface area (Å²) >= 11 is 1.35. The number of fused-ring (bicyclic) bond motifs is 1. The number of likely N-dealkylation sites (tertiary alicyclic amines) is 1. The van der Waals surface area contributed by atoms with Gasteiger partial charge in [-0.15, -0.1) is 11.3 Å². The first kappa shape index (κ1) is 18.6. The van der Waals surface area contributed by atoms with Crippen LogP contribution in [0.3, 0.4) is 0 Å². The van der Waals surface area contributed by atoms with E-state index >= 15 is 0 Å². The van der Waals surface area contributed by atoms with E-state index < -0.39 is 12.1 Å². The first-order valence-corrected chi connectivity index (χ1v) is 10.1. The van der Waals surface area contributed by atoms with Crippen molar-refractivity contribution in [2.45, 2.75) is 24.9 Å². The first-order chi connectivity index (χ1) is 13.4. The number of piperidine rings is 1. The summed E-state index contributed by atoms with van der Waals surface area (Å²) in [7, 11) is 1.95. The molecule has 2 N–H and O–H groups in total. The Morgan fingerprint density at radius 3 is 2.64 bits per heavy atom. The van der Waals surface area contributed by atoms with E-state index in [-0.39, 0.29) is 17.9 Å². The van der Waals surface area contributed by atoms with Crippen molar-refractivity contribution < 1.29 is 19.5 Å². The number of hydrogen-bond acceptors (Lipinski definition) is 6. The summed E-state index contributed by atoms with van der Waals surface area (Å²) in [4.78, 5) is 45.1. The van der Waals surface area contributed by atoms with E-state index in [4.69, 9.17) is 5.11 Å². The van der Waals surface area contributed by atoms with Gasteiger partial charge in [-0.3, -0.25) is 9.59 Å². The summed E-state index contributed by atoms with van der Waals surface area (Å²) < 4.78 is 0. The normalized spacial score (nSPS) is 21.0. The van der Waals surface area contributed by atoms with Gasteiger partial charge in [0.25, 0.3) is 11.8 Å². The molecule has 0 bridgehead atoms. The Labute approximate surface area is 166 Å². The number of nitrogens with zero attached hydrogens (tertiary/aromatic N) is 4. The highest BCUT2D eigenvalue weighted by Crippen LogP contribution is 2.30. The Hall–Kier alpha value is -2.75. The molecule has 2 fully saturated rings. The highest BCUT2D eigenvalue weighted by molar-refractivity contribution is 7.10. The van der Waals surface area contributed by atoms with Crippen molar-refractivity contribution in [2.75, 3.05) is 33.5 Å². The van der Waals surface area contributed by atoms with Gasteiger partial charge in [0.15, 0.2) is 0 Å². The van der Waals surface area contributed by atoms with Crippen LogP contribution in [0.4, 0.5) is 4.79 Å². The third-order valence-corrected chi connectivity index (χ3v) is 6.38. The van der Waals surface area contributed by atoms with Crippen LogP contribution < -0.4 is 5.32 Å². The topological polar surface area (TPSA) is 96.4 Å². The van der Waals surface area contributed by atoms with E-state index in [0.29, 0.717) is 37.5 Å². The third-order valence-electron chi connectivity index (χ3n) is 5.44. The Morgan fingerprint density at radius 1 is 1.29 bits per heavy atom. The quantitative estimate of drug-likeness (QED) is 0.773. The maximum atomic E-state index is 12.9. The maximum absolute atomic E-state index is 12.9. The van der Waals surface area contributed by atoms with Crippen LogP contribution in [0, 0.1) is 0 Å². The highest BCUT2D eigenvalue weighted by atomic mass is 32.1. The van der Waals surface area contributed by atoms with E-state index in [0.717, 1.165) is 12.4 Å². The van der Waals surface area contributed by atoms with Crippen LogP contribution in [0.2, 0.25) is 0 Å². The molecule has 0 spiro atoms. The molecule has 4 heterocycles. The first-order valence-electron chi connectivity index (χ1n) is 9.23. The number of carbonyl (C=O) groups is 3. The van der Waals surface area contributed by atoms with E-state index in [2.05, 4.69) is 10.2 Å². The van der Waals surface area contributed by atoms with Crippen LogP contribution in [-0.2, 0) is 9.59 Å². The maximum Gasteiger partial charge on any atom is 0.405 e. The number of carbonyl (C=O) groups excluding carboxylic acids is 2. The second-order valence-corrected chi connectivity index (χ2v) is 8.30. The molecule has 1 atom stereocenters. The van der Waals surface area contributed by atoms with Crippen molar-refractivity contribution in [1.29, 1.82) is 0 Å². The Kier molecular flexibility index (Phi) is 4.88. The van der Waals surface area contributed by atoms with Crippen LogP contribution >= 0.6 is 11.3 Å². The molecule has 9 nitrogen and oxygen atoms in total. The van der Waals surface area contributed by atoms with Crippen molar-refractivity contribution >= 4 is 29.2 Å². The summed E-state index contributed by atoms with van der Waals surface area (Å²) in [6, 6.07) is 2.78. The molecular weight excluding hydrogens is 382 g/mol. The Balaban J connectivity index is 1.38. The average molecular weight is 405 g/mol. The lowest BCUT2D eigenvalue weighted by atomic mass is 10.0. The summed E-state index contributed by atoms with van der Waals surface area (Å²) in [5.41, 5.74) is 0.740. The van der Waals surface area contributed by atoms with Gasteiger partial charge in [-0.2, -0.15) is 0 Å². The molecule has 3 aliphatic heterocycles. The van der Waals surface area contributed by atoms with Crippen molar-refractivity contribution in [2.24, 2.45) is 0 Å². The van der Waals surface area contributed by atoms with Crippen LogP contribution in [0.5, 0.6) is 0 Å². The van der Waals surface area contributed by atoms with Gasteiger partial charge in [0.05, 0.1) is 13.3 Å². The van der Waals surface area contributed by atoms with E-state index in [1.807, 2.05) is 28.4 Å². The average Bonchev–Trinajstić information content (AvgIpc) is 3.38. The number of carboxylic acid groups (broad SMARTS) is 1. The molecule has 1 aromatic rings. The monoisotopic (exact) mass is 405 g/mol. The van der Waals surface area contributed by atoms with E-state index in [9.17, 15) is 14.4 Å². The number of rotatable bonds is 4. The SMILES string of the molecule is CN1C=C2C(=O)N(C3CCN(C(=O)C(NC(=O)O)c4cccs4)CC3)CN2C1. The summed E-state index contributed by atoms with van der Waals surface area (Å²) in [6.07, 6.45) is 2.05. The van der Waals surface area contributed by atoms with Crippen molar-refractivity contribution in [3.05, 3.63) is 34.3 Å². The minimum Gasteiger partial charge on any atom is -0.465 e. The smallest absolute Gasteiger partial charge is 0.405 e. The van der Waals surface area contributed by atoms with E-state index in [1.165, 1.54) is 11.3 Å². The summed E-state index contributed by atoms with van der Waals surface area (Å²) in [5.74, 6) is -0.181. The molecule has 4 rings (SSSR count). The molecular formula is C18H23N5O4S. The molecule has 10 heteroatoms. The lowest BCUT2D eigenvalue weighted by Gasteiger charge is -2.37. The predicted molar refractivity (Wildman–Crippen MR) is 102 cm³/mol. The van der Waals surface area contributed by atoms with Crippen LogP contribution in [0.15, 0.2) is 29.4 Å². The zero-order valence-corrected chi connectivity index (χ0v) is 16.4. The number of hydrogen-bond donors (Lipinski definition) is 2. The fourth-order valence-corrected chi connectivity index (χ4v) is 4.85. The number of amides is 3. The fraction of sp³-hybridized carbons (Fsp3) is 0.500. The van der Waals surface area contributed by atoms with Crippen LogP contribution in [-0.4, -0.2) is 82.1 Å². The molecule has 2 saturated heterocycles. The second-order valence-electron chi connectivity index (χ2n) is 7.32. The fourth-order valence-electron chi connectivity index (χ4n) is 4.08. The molecule has 150 valence electrons. The van der Waals surface area contributed by atoms with Gasteiger partial charge in [0.1, 0.15) is 11.7 Å². The Morgan fingerprint density at radius 2 is 2.04 bits per heavy atom. The molecule has 0 radical (unpaired) electrons. The number of thiophene rings is 1. The summed E-state index contributed by atoms with van der Waals surface area (Å²) in [5, 5.41) is 13.3. The third kappa shape index (κ3) is 3.39. The molecule has 0 aromatic carbocycles. The molecule has 1 unspecified atom stereocenters. The van der Waals surface area contributed by atoms with E-state index in [1.54, 1.807) is 17.0 Å². The van der Waals surface area contributed by atoms with Crippen LogP contribution in [0.25, 0.3) is 0 Å². The van der Waals surface area contributed by atoms with Gasteiger partial charge >= 0.3 is 6.09 Å². The summed E-state index contributed by atoms with van der Waals surface area (Å²) in [6.45, 7) is 2.33. The van der Waals surface area contributed by atoms with Crippen molar-refractivity contribution in [1.82, 2.24) is 24.9 Å². The lowest BCUT2D eigenvalue weighted by molar-refractivity contribution is -0.136. The molecule has 3 aliphatic rings. The number of nitrogens with one attached hydrogen (secondary N) is 1. The van der Waals surface area contributed by atoms with Gasteiger partial charge in [0, 0.05) is 37.3 Å². The van der Waals surface area contributed by atoms with Gasteiger partial charge < -0.3 is 30.0 Å². The lowest BCUT2D eigenvalue weighted by Crippen LogP contribution is -2.50. The molecule has 1 aromatic heterocycles. The molecule has 3 amide bonds. The van der Waals surface area contributed by atoms with Gasteiger partial charge in [0.2, 0.25) is 0 Å².